The van der Waals surface area contributed by atoms with Gasteiger partial charge in [0.05, 0.1) is 5.52 Å². The number of aryl methyl sites for hydroxylation is 1. The normalized spacial score (nSPS) is 11.2. The molecule has 0 aliphatic rings. The van der Waals surface area contributed by atoms with Crippen molar-refractivity contribution in [3.8, 4) is 5.75 Å². The van der Waals surface area contributed by atoms with Crippen molar-refractivity contribution >= 4 is 34.4 Å². The molecule has 6 heteroatoms. The minimum absolute atomic E-state index is 0.0730. The van der Waals surface area contributed by atoms with Crippen LogP contribution in [0.5, 0.6) is 5.75 Å². The number of carbonyl (C=O) groups excluding carboxylic acids is 1. The predicted molar refractivity (Wildman–Crippen MR) is 143 cm³/mol. The molecule has 0 saturated heterocycles. The van der Waals surface area contributed by atoms with Crippen molar-refractivity contribution < 1.29 is 19.4 Å². The minimum atomic E-state index is -0.835. The molecule has 0 radical (unpaired) electrons. The Morgan fingerprint density at radius 1 is 1.00 bits per heavy atom. The number of aromatic nitrogens is 1. The summed E-state index contributed by atoms with van der Waals surface area (Å²) in [4.78, 5) is 24.5. The van der Waals surface area contributed by atoms with Gasteiger partial charge in [-0.05, 0) is 84.3 Å². The third-order valence-corrected chi connectivity index (χ3v) is 6.26. The number of hydrogen-bond donors (Lipinski definition) is 1. The van der Waals surface area contributed by atoms with Crippen LogP contribution >= 0.6 is 11.6 Å². The standard InChI is InChI=1S/C30H30ClNO4/c1-20(2)14-21-6-4-10-26(16-21)36-19-22-7-3-8-23(15-22)30(35)32-18-24(9-5-11-29(33)34)27-17-25(31)12-13-28(27)32/h3-4,6-8,10,12-13,15-18,20H,5,9,11,14,19H2,1-2H3,(H,33,34). The molecule has 186 valence electrons. The zero-order valence-electron chi connectivity index (χ0n) is 20.5. The first-order valence-electron chi connectivity index (χ1n) is 12.2. The van der Waals surface area contributed by atoms with Gasteiger partial charge in [-0.2, -0.15) is 0 Å². The molecule has 1 aromatic heterocycles. The molecule has 0 fully saturated rings. The highest BCUT2D eigenvalue weighted by atomic mass is 35.5. The molecule has 0 saturated carbocycles. The van der Waals surface area contributed by atoms with E-state index in [1.165, 1.54) is 5.56 Å². The van der Waals surface area contributed by atoms with Gasteiger partial charge in [-0.15, -0.1) is 0 Å². The van der Waals surface area contributed by atoms with Crippen molar-refractivity contribution in [2.75, 3.05) is 0 Å². The van der Waals surface area contributed by atoms with Crippen molar-refractivity contribution in [2.24, 2.45) is 5.92 Å². The average molecular weight is 504 g/mol. The van der Waals surface area contributed by atoms with E-state index in [9.17, 15) is 9.59 Å². The highest BCUT2D eigenvalue weighted by Gasteiger charge is 2.16. The molecule has 0 aliphatic carbocycles. The lowest BCUT2D eigenvalue weighted by Gasteiger charge is -2.11. The maximum absolute atomic E-state index is 13.5. The number of nitrogens with zero attached hydrogens (tertiary/aromatic N) is 1. The van der Waals surface area contributed by atoms with Gasteiger partial charge in [0.2, 0.25) is 0 Å². The van der Waals surface area contributed by atoms with Crippen molar-refractivity contribution in [1.29, 1.82) is 0 Å². The summed E-state index contributed by atoms with van der Waals surface area (Å²) in [6.07, 6.45) is 3.90. The van der Waals surface area contributed by atoms with E-state index in [0.717, 1.165) is 34.2 Å². The van der Waals surface area contributed by atoms with Gasteiger partial charge in [0, 0.05) is 28.6 Å². The van der Waals surface area contributed by atoms with Crippen LogP contribution in [0.1, 0.15) is 53.7 Å². The van der Waals surface area contributed by atoms with E-state index >= 15 is 0 Å². The van der Waals surface area contributed by atoms with E-state index in [1.807, 2.05) is 42.5 Å². The second-order valence-corrected chi connectivity index (χ2v) is 9.91. The molecule has 0 aliphatic heterocycles. The van der Waals surface area contributed by atoms with Gasteiger partial charge in [-0.3, -0.25) is 14.2 Å². The van der Waals surface area contributed by atoms with Gasteiger partial charge in [-0.25, -0.2) is 0 Å². The first kappa shape index (κ1) is 25.5. The molecule has 4 aromatic rings. The zero-order valence-corrected chi connectivity index (χ0v) is 21.3. The quantitative estimate of drug-likeness (QED) is 0.249. The fourth-order valence-electron chi connectivity index (χ4n) is 4.40. The molecule has 0 bridgehead atoms. The fourth-order valence-corrected chi connectivity index (χ4v) is 4.57. The number of carboxylic acid groups (broad SMARTS) is 1. The summed E-state index contributed by atoms with van der Waals surface area (Å²) in [5.74, 6) is 0.386. The third kappa shape index (κ3) is 6.35. The predicted octanol–water partition coefficient (Wildman–Crippen LogP) is 7.17. The summed E-state index contributed by atoms with van der Waals surface area (Å²) < 4.78 is 7.65. The van der Waals surface area contributed by atoms with Crippen LogP contribution in [0, 0.1) is 5.92 Å². The molecule has 0 spiro atoms. The molecular weight excluding hydrogens is 474 g/mol. The van der Waals surface area contributed by atoms with Crippen LogP contribution < -0.4 is 4.74 Å². The minimum Gasteiger partial charge on any atom is -0.489 e. The zero-order chi connectivity index (χ0) is 25.7. The fraction of sp³-hybridized carbons (Fsp3) is 0.267. The summed E-state index contributed by atoms with van der Waals surface area (Å²) in [7, 11) is 0. The summed E-state index contributed by atoms with van der Waals surface area (Å²) in [6, 6.07) is 21.0. The van der Waals surface area contributed by atoms with E-state index in [0.29, 0.717) is 36.0 Å². The molecule has 0 atom stereocenters. The van der Waals surface area contributed by atoms with E-state index in [2.05, 4.69) is 26.0 Å². The number of ether oxygens (including phenoxy) is 1. The third-order valence-electron chi connectivity index (χ3n) is 6.03. The Balaban J connectivity index is 1.54. The van der Waals surface area contributed by atoms with Gasteiger partial charge in [0.25, 0.3) is 5.91 Å². The smallest absolute Gasteiger partial charge is 0.303 e. The lowest BCUT2D eigenvalue weighted by Crippen LogP contribution is -2.11. The number of benzene rings is 3. The lowest BCUT2D eigenvalue weighted by molar-refractivity contribution is -0.137. The molecule has 3 aromatic carbocycles. The first-order valence-corrected chi connectivity index (χ1v) is 12.5. The largest absolute Gasteiger partial charge is 0.489 e. The number of halogens is 1. The summed E-state index contributed by atoms with van der Waals surface area (Å²) >= 11 is 6.22. The van der Waals surface area contributed by atoms with Crippen LogP contribution in [0.25, 0.3) is 10.9 Å². The maximum atomic E-state index is 13.5. The molecule has 4 rings (SSSR count). The maximum Gasteiger partial charge on any atom is 0.303 e. The number of carboxylic acids is 1. The highest BCUT2D eigenvalue weighted by Crippen LogP contribution is 2.27. The summed E-state index contributed by atoms with van der Waals surface area (Å²) in [5, 5.41) is 10.4. The molecule has 5 nitrogen and oxygen atoms in total. The van der Waals surface area contributed by atoms with Gasteiger partial charge >= 0.3 is 5.97 Å². The second kappa shape index (κ2) is 11.4. The van der Waals surface area contributed by atoms with E-state index in [1.54, 1.807) is 22.9 Å². The molecule has 0 amide bonds. The second-order valence-electron chi connectivity index (χ2n) is 9.47. The highest BCUT2D eigenvalue weighted by molar-refractivity contribution is 6.31. The van der Waals surface area contributed by atoms with Gasteiger partial charge in [0.1, 0.15) is 12.4 Å². The Morgan fingerprint density at radius 3 is 2.56 bits per heavy atom. The van der Waals surface area contributed by atoms with Crippen molar-refractivity contribution in [3.63, 3.8) is 0 Å². The van der Waals surface area contributed by atoms with Crippen LogP contribution in [0.2, 0.25) is 5.02 Å². The Hall–Kier alpha value is -3.57. The van der Waals surface area contributed by atoms with E-state index in [4.69, 9.17) is 21.4 Å². The number of carbonyl (C=O) groups is 2. The SMILES string of the molecule is CC(C)Cc1cccc(OCc2cccc(C(=O)n3cc(CCCC(=O)O)c4cc(Cl)ccc43)c2)c1. The van der Waals surface area contributed by atoms with Crippen LogP contribution in [-0.4, -0.2) is 21.6 Å². The molecule has 1 N–H and O–H groups in total. The van der Waals surface area contributed by atoms with Crippen LogP contribution in [0.3, 0.4) is 0 Å². The van der Waals surface area contributed by atoms with Crippen LogP contribution in [-0.2, 0) is 24.2 Å². The van der Waals surface area contributed by atoms with Crippen molar-refractivity contribution in [2.45, 2.75) is 46.1 Å². The van der Waals surface area contributed by atoms with Crippen LogP contribution in [0.4, 0.5) is 0 Å². The number of aliphatic carboxylic acids is 1. The van der Waals surface area contributed by atoms with Gasteiger partial charge in [0.15, 0.2) is 0 Å². The lowest BCUT2D eigenvalue weighted by atomic mass is 10.0. The topological polar surface area (TPSA) is 68.5 Å². The number of rotatable bonds is 10. The van der Waals surface area contributed by atoms with Crippen molar-refractivity contribution in [3.05, 3.63) is 100 Å². The van der Waals surface area contributed by atoms with E-state index in [-0.39, 0.29) is 12.3 Å². The molecular formula is C30H30ClNO4. The monoisotopic (exact) mass is 503 g/mol. The van der Waals surface area contributed by atoms with Gasteiger partial charge < -0.3 is 9.84 Å². The van der Waals surface area contributed by atoms with Crippen LogP contribution in [0.15, 0.2) is 72.9 Å². The Bertz CT molecular complexity index is 1390. The summed E-state index contributed by atoms with van der Waals surface area (Å²) in [5.41, 5.74) is 4.34. The Labute approximate surface area is 216 Å². The summed E-state index contributed by atoms with van der Waals surface area (Å²) in [6.45, 7) is 4.74. The molecule has 1 heterocycles. The van der Waals surface area contributed by atoms with E-state index < -0.39 is 5.97 Å². The van der Waals surface area contributed by atoms with Crippen molar-refractivity contribution in [1.82, 2.24) is 4.57 Å². The number of fused-ring (bicyclic) bond motifs is 1. The Kier molecular flexibility index (Phi) is 8.11. The van der Waals surface area contributed by atoms with Gasteiger partial charge in [-0.1, -0.05) is 49.7 Å². The average Bonchev–Trinajstić information content (AvgIpc) is 3.19. The Morgan fingerprint density at radius 2 is 1.78 bits per heavy atom. The molecule has 36 heavy (non-hydrogen) atoms. The first-order chi connectivity index (χ1) is 17.3. The molecule has 0 unspecified atom stereocenters. The number of hydrogen-bond acceptors (Lipinski definition) is 3.